The molecule has 1 aliphatic rings. The van der Waals surface area contributed by atoms with Gasteiger partial charge in [0.2, 0.25) is 5.91 Å². The summed E-state index contributed by atoms with van der Waals surface area (Å²) in [6, 6.07) is 7.96. The van der Waals surface area contributed by atoms with E-state index in [2.05, 4.69) is 12.2 Å². The smallest absolute Gasteiger partial charge is 0.263 e. The molecule has 0 bridgehead atoms. The second-order valence-electron chi connectivity index (χ2n) is 6.99. The molecular formula is C20H24N2O2S. The van der Waals surface area contributed by atoms with Crippen molar-refractivity contribution >= 4 is 28.8 Å². The molecule has 1 aromatic heterocycles. The average Bonchev–Trinajstić information content (AvgIpc) is 3.00. The Hall–Kier alpha value is -2.14. The number of thiophene rings is 1. The number of nitrogens with one attached hydrogen (secondary N) is 1. The first-order valence-electron chi connectivity index (χ1n) is 8.56. The van der Waals surface area contributed by atoms with Crippen LogP contribution in [-0.2, 0) is 17.6 Å². The van der Waals surface area contributed by atoms with Crippen LogP contribution in [0.3, 0.4) is 0 Å². The van der Waals surface area contributed by atoms with Crippen molar-refractivity contribution in [2.75, 3.05) is 19.4 Å². The summed E-state index contributed by atoms with van der Waals surface area (Å²) >= 11 is 1.57. The fourth-order valence-electron chi connectivity index (χ4n) is 3.14. The molecule has 2 amide bonds. The Balaban J connectivity index is 1.70. The number of hydrogen-bond acceptors (Lipinski definition) is 3. The molecule has 0 saturated carbocycles. The van der Waals surface area contributed by atoms with E-state index in [1.165, 1.54) is 16.0 Å². The fourth-order valence-corrected chi connectivity index (χ4v) is 4.37. The van der Waals surface area contributed by atoms with Crippen LogP contribution in [0.5, 0.6) is 0 Å². The van der Waals surface area contributed by atoms with Gasteiger partial charge in [-0.15, -0.1) is 11.3 Å². The van der Waals surface area contributed by atoms with Gasteiger partial charge in [-0.2, -0.15) is 0 Å². The molecule has 132 valence electrons. The predicted octanol–water partition coefficient (Wildman–Crippen LogP) is 3.81. The highest BCUT2D eigenvalue weighted by Crippen LogP contribution is 2.33. The van der Waals surface area contributed by atoms with Crippen LogP contribution in [0, 0.1) is 19.8 Å². The number of carbonyl (C=O) groups is 2. The number of hydrogen-bond donors (Lipinski definition) is 1. The summed E-state index contributed by atoms with van der Waals surface area (Å²) in [4.78, 5) is 28.4. The average molecular weight is 356 g/mol. The van der Waals surface area contributed by atoms with E-state index in [4.69, 9.17) is 0 Å². The van der Waals surface area contributed by atoms with Gasteiger partial charge in [0.15, 0.2) is 0 Å². The van der Waals surface area contributed by atoms with E-state index in [0.717, 1.165) is 29.0 Å². The highest BCUT2D eigenvalue weighted by Gasteiger charge is 2.27. The van der Waals surface area contributed by atoms with Gasteiger partial charge in [0, 0.05) is 30.6 Å². The summed E-state index contributed by atoms with van der Waals surface area (Å²) in [5.41, 5.74) is 4.40. The minimum absolute atomic E-state index is 0.0361. The van der Waals surface area contributed by atoms with Gasteiger partial charge in [-0.25, -0.2) is 0 Å². The van der Waals surface area contributed by atoms with Crippen LogP contribution in [0.25, 0.3) is 0 Å². The number of benzene rings is 1. The molecule has 0 aliphatic heterocycles. The van der Waals surface area contributed by atoms with E-state index in [1.54, 1.807) is 30.3 Å². The van der Waals surface area contributed by atoms with Crippen molar-refractivity contribution in [1.82, 2.24) is 4.90 Å². The molecule has 0 unspecified atom stereocenters. The molecule has 1 heterocycles. The van der Waals surface area contributed by atoms with E-state index >= 15 is 0 Å². The van der Waals surface area contributed by atoms with Crippen molar-refractivity contribution in [1.29, 1.82) is 0 Å². The molecule has 0 saturated heterocycles. The molecule has 3 rings (SSSR count). The van der Waals surface area contributed by atoms with Gasteiger partial charge in [0.1, 0.15) is 0 Å². The molecule has 0 fully saturated rings. The van der Waals surface area contributed by atoms with E-state index < -0.39 is 0 Å². The van der Waals surface area contributed by atoms with Crippen molar-refractivity contribution < 1.29 is 9.59 Å². The molecule has 0 radical (unpaired) electrons. The lowest BCUT2D eigenvalue weighted by molar-refractivity contribution is -0.120. The number of carbonyl (C=O) groups excluding carboxylic acids is 2. The Morgan fingerprint density at radius 3 is 2.60 bits per heavy atom. The number of anilines is 1. The Bertz CT molecular complexity index is 823. The minimum atomic E-state index is -0.0361. The van der Waals surface area contributed by atoms with E-state index in [9.17, 15) is 9.59 Å². The molecule has 2 aromatic rings. The van der Waals surface area contributed by atoms with Gasteiger partial charge in [0.05, 0.1) is 4.88 Å². The van der Waals surface area contributed by atoms with Gasteiger partial charge in [-0.3, -0.25) is 9.59 Å². The van der Waals surface area contributed by atoms with Gasteiger partial charge >= 0.3 is 0 Å². The Labute approximate surface area is 152 Å². The number of fused-ring (bicyclic) bond motifs is 1. The molecule has 0 spiro atoms. The van der Waals surface area contributed by atoms with Crippen LogP contribution in [0.2, 0.25) is 0 Å². The lowest BCUT2D eigenvalue weighted by atomic mass is 9.87. The van der Waals surface area contributed by atoms with Crippen LogP contribution in [-0.4, -0.2) is 30.8 Å². The third-order valence-corrected chi connectivity index (χ3v) is 6.07. The summed E-state index contributed by atoms with van der Waals surface area (Å²) < 4.78 is 0. The lowest BCUT2D eigenvalue weighted by Gasteiger charge is -2.21. The molecule has 4 nitrogen and oxygen atoms in total. The van der Waals surface area contributed by atoms with Crippen LogP contribution < -0.4 is 5.32 Å². The maximum Gasteiger partial charge on any atom is 0.263 e. The van der Waals surface area contributed by atoms with Crippen molar-refractivity contribution in [2.24, 2.45) is 5.92 Å². The maximum absolute atomic E-state index is 12.6. The van der Waals surface area contributed by atoms with E-state index in [1.807, 2.05) is 31.2 Å². The van der Waals surface area contributed by atoms with Gasteiger partial charge in [0.25, 0.3) is 5.91 Å². The summed E-state index contributed by atoms with van der Waals surface area (Å²) in [5.74, 6) is 0.0714. The first-order chi connectivity index (χ1) is 11.8. The fraction of sp³-hybridized carbons (Fsp3) is 0.400. The third-order valence-electron chi connectivity index (χ3n) is 4.85. The largest absolute Gasteiger partial charge is 0.344 e. The molecule has 25 heavy (non-hydrogen) atoms. The van der Waals surface area contributed by atoms with E-state index in [-0.39, 0.29) is 17.7 Å². The SMILES string of the molecule is Cc1ccc(NC(=O)[C@H]2CCc3sc(C(=O)N(C)C)cc3C2)cc1C. The monoisotopic (exact) mass is 356 g/mol. The zero-order valence-corrected chi connectivity index (χ0v) is 16.0. The Morgan fingerprint density at radius 1 is 1.16 bits per heavy atom. The topological polar surface area (TPSA) is 49.4 Å². The maximum atomic E-state index is 12.6. The zero-order chi connectivity index (χ0) is 18.1. The first-order valence-corrected chi connectivity index (χ1v) is 9.38. The van der Waals surface area contributed by atoms with Gasteiger partial charge in [-0.1, -0.05) is 6.07 Å². The number of nitrogens with zero attached hydrogens (tertiary/aromatic N) is 1. The molecule has 1 atom stereocenters. The second kappa shape index (κ2) is 7.00. The minimum Gasteiger partial charge on any atom is -0.344 e. The summed E-state index contributed by atoms with van der Waals surface area (Å²) in [5, 5.41) is 3.05. The standard InChI is InChI=1S/C20H24N2O2S/c1-12-5-7-16(9-13(12)2)21-19(23)14-6-8-17-15(10-14)11-18(25-17)20(24)22(3)4/h5,7,9,11,14H,6,8,10H2,1-4H3,(H,21,23)/t14-/m0/s1. The van der Waals surface area contributed by atoms with Crippen molar-refractivity contribution in [3.63, 3.8) is 0 Å². The summed E-state index contributed by atoms with van der Waals surface area (Å²) in [6.07, 6.45) is 2.41. The van der Waals surface area contributed by atoms with Gasteiger partial charge < -0.3 is 10.2 Å². The molecule has 1 aliphatic carbocycles. The number of aryl methyl sites for hydroxylation is 3. The van der Waals surface area contributed by atoms with Crippen LogP contribution in [0.1, 0.15) is 37.7 Å². The Kier molecular flexibility index (Phi) is 4.95. The van der Waals surface area contributed by atoms with Crippen molar-refractivity contribution in [2.45, 2.75) is 33.1 Å². The number of rotatable bonds is 3. The predicted molar refractivity (Wildman–Crippen MR) is 102 cm³/mol. The van der Waals surface area contributed by atoms with Crippen molar-refractivity contribution in [3.05, 3.63) is 50.7 Å². The molecule has 1 aromatic carbocycles. The van der Waals surface area contributed by atoms with Crippen LogP contribution in [0.15, 0.2) is 24.3 Å². The Morgan fingerprint density at radius 2 is 1.92 bits per heavy atom. The first kappa shape index (κ1) is 17.7. The van der Waals surface area contributed by atoms with Gasteiger partial charge in [-0.05, 0) is 68.0 Å². The quantitative estimate of drug-likeness (QED) is 0.909. The summed E-state index contributed by atoms with van der Waals surface area (Å²) in [7, 11) is 3.53. The normalized spacial score (nSPS) is 16.2. The second-order valence-corrected chi connectivity index (χ2v) is 8.12. The van der Waals surface area contributed by atoms with Crippen molar-refractivity contribution in [3.8, 4) is 0 Å². The molecule has 1 N–H and O–H groups in total. The molecular weight excluding hydrogens is 332 g/mol. The molecule has 5 heteroatoms. The summed E-state index contributed by atoms with van der Waals surface area (Å²) in [6.45, 7) is 4.11. The van der Waals surface area contributed by atoms with E-state index in [0.29, 0.717) is 6.42 Å². The van der Waals surface area contributed by atoms with Crippen LogP contribution in [0.4, 0.5) is 5.69 Å². The highest BCUT2D eigenvalue weighted by molar-refractivity contribution is 7.14. The van der Waals surface area contributed by atoms with Crippen LogP contribution >= 0.6 is 11.3 Å². The lowest BCUT2D eigenvalue weighted by Crippen LogP contribution is -2.27. The zero-order valence-electron chi connectivity index (χ0n) is 15.2. The third kappa shape index (κ3) is 3.76. The number of amides is 2. The highest BCUT2D eigenvalue weighted by atomic mass is 32.1.